The van der Waals surface area contributed by atoms with Crippen LogP contribution in [0.15, 0.2) is 48.5 Å². The average Bonchev–Trinajstić information content (AvgIpc) is 2.63. The van der Waals surface area contributed by atoms with Gasteiger partial charge in [-0.2, -0.15) is 0 Å². The maximum atomic E-state index is 14.5. The molecule has 0 aromatic heterocycles. The van der Waals surface area contributed by atoms with Gasteiger partial charge < -0.3 is 10.0 Å². The molecule has 1 aliphatic heterocycles. The summed E-state index contributed by atoms with van der Waals surface area (Å²) < 4.78 is 14.5. The predicted molar refractivity (Wildman–Crippen MR) is 108 cm³/mol. The first kappa shape index (κ1) is 17.3. The molecule has 0 amide bonds. The van der Waals surface area contributed by atoms with Crippen LogP contribution >= 0.6 is 0 Å². The molecule has 4 heteroatoms. The van der Waals surface area contributed by atoms with Gasteiger partial charge in [-0.25, -0.2) is 4.39 Å². The van der Waals surface area contributed by atoms with Gasteiger partial charge in [0.2, 0.25) is 0 Å². The number of anilines is 1. The number of rotatable bonds is 3. The van der Waals surface area contributed by atoms with E-state index in [1.807, 2.05) is 61.4 Å². The monoisotopic (exact) mass is 361 g/mol. The third kappa shape index (κ3) is 2.87. The van der Waals surface area contributed by atoms with E-state index < -0.39 is 5.97 Å². The minimum Gasteiger partial charge on any atom is -0.481 e. The zero-order valence-electron chi connectivity index (χ0n) is 15.3. The molecule has 0 radical (unpaired) electrons. The Labute approximate surface area is 157 Å². The first-order valence-corrected chi connectivity index (χ1v) is 8.91. The zero-order valence-corrected chi connectivity index (χ0v) is 15.3. The van der Waals surface area contributed by atoms with Crippen molar-refractivity contribution in [1.82, 2.24) is 0 Å². The quantitative estimate of drug-likeness (QED) is 0.710. The molecule has 0 unspecified atom stereocenters. The highest BCUT2D eigenvalue weighted by molar-refractivity contribution is 6.04. The molecule has 0 fully saturated rings. The molecule has 27 heavy (non-hydrogen) atoms. The highest BCUT2D eigenvalue weighted by Gasteiger charge is 2.23. The van der Waals surface area contributed by atoms with Crippen LogP contribution in [0.2, 0.25) is 0 Å². The minimum atomic E-state index is -0.876. The Morgan fingerprint density at radius 3 is 2.78 bits per heavy atom. The summed E-state index contributed by atoms with van der Waals surface area (Å²) in [6.07, 6.45) is 3.67. The van der Waals surface area contributed by atoms with E-state index in [1.165, 1.54) is 6.07 Å². The molecule has 3 nitrogen and oxygen atoms in total. The molecular weight excluding hydrogens is 341 g/mol. The van der Waals surface area contributed by atoms with Crippen molar-refractivity contribution in [2.24, 2.45) is 0 Å². The Hall–Kier alpha value is -3.14. The van der Waals surface area contributed by atoms with Crippen molar-refractivity contribution >= 4 is 28.5 Å². The second-order valence-electron chi connectivity index (χ2n) is 6.98. The summed E-state index contributed by atoms with van der Waals surface area (Å²) in [5.74, 6) is -1.15. The third-order valence-corrected chi connectivity index (χ3v) is 5.19. The van der Waals surface area contributed by atoms with E-state index in [4.69, 9.17) is 0 Å². The second-order valence-corrected chi connectivity index (χ2v) is 6.98. The van der Waals surface area contributed by atoms with Crippen LogP contribution in [0.4, 0.5) is 10.1 Å². The number of aliphatic carboxylic acids is 1. The third-order valence-electron chi connectivity index (χ3n) is 5.19. The molecule has 0 aliphatic carbocycles. The standard InChI is InChI=1S/C23H20FNO2/c1-14-12-15-6-3-4-7-16(15)22(19(14)13-21(26)27)18-9-10-20(24)17-8-5-11-25(2)23(17)18/h3-10,12H,11,13H2,1-2H3,(H,26,27). The van der Waals surface area contributed by atoms with Gasteiger partial charge in [0.1, 0.15) is 5.82 Å². The topological polar surface area (TPSA) is 40.5 Å². The van der Waals surface area contributed by atoms with Crippen LogP contribution in [-0.4, -0.2) is 24.7 Å². The SMILES string of the molecule is Cc1cc2ccccc2c(-c2ccc(F)c3c2N(C)CC=C3)c1CC(=O)O. The Balaban J connectivity index is 2.14. The largest absolute Gasteiger partial charge is 0.481 e. The summed E-state index contributed by atoms with van der Waals surface area (Å²) >= 11 is 0. The molecule has 0 saturated heterocycles. The van der Waals surface area contributed by atoms with Gasteiger partial charge in [-0.1, -0.05) is 42.5 Å². The van der Waals surface area contributed by atoms with Crippen molar-refractivity contribution in [3.05, 3.63) is 71.0 Å². The van der Waals surface area contributed by atoms with E-state index in [2.05, 4.69) is 0 Å². The lowest BCUT2D eigenvalue weighted by Gasteiger charge is -2.28. The fourth-order valence-corrected chi connectivity index (χ4v) is 3.99. The molecule has 3 aromatic carbocycles. The van der Waals surface area contributed by atoms with Crippen molar-refractivity contribution in [2.75, 3.05) is 18.5 Å². The van der Waals surface area contributed by atoms with E-state index in [-0.39, 0.29) is 12.2 Å². The molecule has 0 saturated carbocycles. The van der Waals surface area contributed by atoms with Gasteiger partial charge in [0.25, 0.3) is 0 Å². The van der Waals surface area contributed by atoms with E-state index in [0.717, 1.165) is 38.7 Å². The number of carbonyl (C=O) groups is 1. The summed E-state index contributed by atoms with van der Waals surface area (Å²) in [7, 11) is 1.93. The van der Waals surface area contributed by atoms with E-state index >= 15 is 0 Å². The number of likely N-dealkylation sites (N-methyl/N-ethyl adjacent to an activating group) is 1. The molecule has 1 N–H and O–H groups in total. The highest BCUT2D eigenvalue weighted by atomic mass is 19.1. The molecule has 1 heterocycles. The van der Waals surface area contributed by atoms with Crippen molar-refractivity contribution in [1.29, 1.82) is 0 Å². The van der Waals surface area contributed by atoms with Crippen LogP contribution in [-0.2, 0) is 11.2 Å². The van der Waals surface area contributed by atoms with Gasteiger partial charge in [0.05, 0.1) is 12.1 Å². The summed E-state index contributed by atoms with van der Waals surface area (Å²) in [6.45, 7) is 2.62. The zero-order chi connectivity index (χ0) is 19.1. The maximum absolute atomic E-state index is 14.5. The van der Waals surface area contributed by atoms with Crippen LogP contribution in [0.1, 0.15) is 16.7 Å². The number of aryl methyl sites for hydroxylation is 1. The number of nitrogens with zero attached hydrogens (tertiary/aromatic N) is 1. The van der Waals surface area contributed by atoms with Crippen molar-refractivity contribution in [3.63, 3.8) is 0 Å². The van der Waals surface area contributed by atoms with Gasteiger partial charge in [0, 0.05) is 24.7 Å². The molecule has 0 bridgehead atoms. The number of hydrogen-bond acceptors (Lipinski definition) is 2. The first-order chi connectivity index (χ1) is 13.0. The Kier molecular flexibility index (Phi) is 4.19. The Morgan fingerprint density at radius 1 is 1.22 bits per heavy atom. The van der Waals surface area contributed by atoms with Crippen LogP contribution in [0.25, 0.3) is 28.0 Å². The molecule has 1 aliphatic rings. The number of halogens is 1. The predicted octanol–water partition coefficient (Wildman–Crippen LogP) is 5.04. The summed E-state index contributed by atoms with van der Waals surface area (Å²) in [6, 6.07) is 13.2. The van der Waals surface area contributed by atoms with E-state index in [0.29, 0.717) is 12.1 Å². The van der Waals surface area contributed by atoms with Crippen LogP contribution < -0.4 is 4.90 Å². The van der Waals surface area contributed by atoms with Crippen LogP contribution in [0.5, 0.6) is 0 Å². The van der Waals surface area contributed by atoms with Gasteiger partial charge in [0.15, 0.2) is 0 Å². The van der Waals surface area contributed by atoms with Gasteiger partial charge in [-0.05, 0) is 46.5 Å². The molecular formula is C23H20FNO2. The fraction of sp³-hybridized carbons (Fsp3) is 0.174. The molecule has 4 rings (SSSR count). The van der Waals surface area contributed by atoms with Gasteiger partial charge >= 0.3 is 5.97 Å². The Morgan fingerprint density at radius 2 is 2.00 bits per heavy atom. The number of benzene rings is 3. The molecule has 0 spiro atoms. The van der Waals surface area contributed by atoms with Crippen LogP contribution in [0.3, 0.4) is 0 Å². The van der Waals surface area contributed by atoms with Crippen molar-refractivity contribution in [3.8, 4) is 11.1 Å². The van der Waals surface area contributed by atoms with Crippen molar-refractivity contribution < 1.29 is 14.3 Å². The lowest BCUT2D eigenvalue weighted by molar-refractivity contribution is -0.136. The number of carboxylic acid groups (broad SMARTS) is 1. The number of carboxylic acids is 1. The lowest BCUT2D eigenvalue weighted by Crippen LogP contribution is -2.22. The van der Waals surface area contributed by atoms with Gasteiger partial charge in [-0.3, -0.25) is 4.79 Å². The second kappa shape index (κ2) is 6.54. The molecule has 3 aromatic rings. The maximum Gasteiger partial charge on any atom is 0.307 e. The average molecular weight is 361 g/mol. The summed E-state index contributed by atoms with van der Waals surface area (Å²) in [5.41, 5.74) is 4.81. The smallest absolute Gasteiger partial charge is 0.307 e. The fourth-order valence-electron chi connectivity index (χ4n) is 3.99. The van der Waals surface area contributed by atoms with Gasteiger partial charge in [-0.15, -0.1) is 0 Å². The lowest BCUT2D eigenvalue weighted by atomic mass is 9.86. The molecule has 136 valence electrons. The number of hydrogen-bond donors (Lipinski definition) is 1. The molecule has 0 atom stereocenters. The van der Waals surface area contributed by atoms with E-state index in [1.54, 1.807) is 6.07 Å². The summed E-state index contributed by atoms with van der Waals surface area (Å²) in [5, 5.41) is 11.5. The van der Waals surface area contributed by atoms with Crippen LogP contribution in [0, 0.1) is 12.7 Å². The van der Waals surface area contributed by atoms with Crippen molar-refractivity contribution in [2.45, 2.75) is 13.3 Å². The summed E-state index contributed by atoms with van der Waals surface area (Å²) in [4.78, 5) is 13.6. The number of fused-ring (bicyclic) bond motifs is 2. The highest BCUT2D eigenvalue weighted by Crippen LogP contribution is 2.43. The van der Waals surface area contributed by atoms with E-state index in [9.17, 15) is 14.3 Å². The minimum absolute atomic E-state index is 0.0717. The normalized spacial score (nSPS) is 13.1. The first-order valence-electron chi connectivity index (χ1n) is 8.91. The Bertz CT molecular complexity index is 1100.